The average molecular weight is 411 g/mol. The van der Waals surface area contributed by atoms with Crippen molar-refractivity contribution in [3.63, 3.8) is 0 Å². The van der Waals surface area contributed by atoms with Gasteiger partial charge in [-0.2, -0.15) is 0 Å². The number of hydrogen-bond acceptors (Lipinski definition) is 3. The molecule has 2 N–H and O–H groups in total. The van der Waals surface area contributed by atoms with E-state index in [2.05, 4.69) is 31.2 Å². The first kappa shape index (κ1) is 16.5. The molecular formula is C19H15BrN4O2. The van der Waals surface area contributed by atoms with Crippen molar-refractivity contribution in [1.82, 2.24) is 19.7 Å². The quantitative estimate of drug-likeness (QED) is 0.542. The predicted molar refractivity (Wildman–Crippen MR) is 103 cm³/mol. The van der Waals surface area contributed by atoms with Crippen LogP contribution in [0.5, 0.6) is 0 Å². The fourth-order valence-corrected chi connectivity index (χ4v) is 3.34. The van der Waals surface area contributed by atoms with Gasteiger partial charge >= 0.3 is 0 Å². The van der Waals surface area contributed by atoms with E-state index in [-0.39, 0.29) is 28.7 Å². The zero-order chi connectivity index (χ0) is 18.3. The molecule has 0 saturated heterocycles. The van der Waals surface area contributed by atoms with Crippen LogP contribution in [0.1, 0.15) is 29.0 Å². The number of halogens is 1. The van der Waals surface area contributed by atoms with Crippen molar-refractivity contribution in [2.75, 3.05) is 0 Å². The molecule has 1 atom stereocenters. The van der Waals surface area contributed by atoms with Crippen molar-refractivity contribution >= 4 is 38.4 Å². The van der Waals surface area contributed by atoms with Gasteiger partial charge in [0.2, 0.25) is 0 Å². The highest BCUT2D eigenvalue weighted by Crippen LogP contribution is 2.20. The number of fused-ring (bicyclic) bond motifs is 3. The maximum Gasteiger partial charge on any atom is 0.275 e. The molecule has 0 aliphatic carbocycles. The van der Waals surface area contributed by atoms with Crippen molar-refractivity contribution in [1.29, 1.82) is 0 Å². The summed E-state index contributed by atoms with van der Waals surface area (Å²) in [5, 5.41) is 2.90. The van der Waals surface area contributed by atoms with E-state index in [0.717, 1.165) is 15.6 Å². The highest BCUT2D eigenvalue weighted by Gasteiger charge is 2.20. The third-order valence-corrected chi connectivity index (χ3v) is 4.81. The fraction of sp³-hybridized carbons (Fsp3) is 0.105. The number of carbonyl (C=O) groups is 1. The molecular weight excluding hydrogens is 396 g/mol. The summed E-state index contributed by atoms with van der Waals surface area (Å²) in [4.78, 5) is 32.2. The largest absolute Gasteiger partial charge is 0.344 e. The Morgan fingerprint density at radius 2 is 2.00 bits per heavy atom. The van der Waals surface area contributed by atoms with Crippen LogP contribution in [0.2, 0.25) is 0 Å². The van der Waals surface area contributed by atoms with E-state index in [4.69, 9.17) is 0 Å². The van der Waals surface area contributed by atoms with Crippen LogP contribution >= 0.6 is 15.9 Å². The van der Waals surface area contributed by atoms with E-state index in [1.807, 2.05) is 49.4 Å². The summed E-state index contributed by atoms with van der Waals surface area (Å²) >= 11 is 3.43. The lowest BCUT2D eigenvalue weighted by Gasteiger charge is -2.13. The van der Waals surface area contributed by atoms with Crippen LogP contribution in [0.4, 0.5) is 0 Å². The SMILES string of the molecule is C[C@H](NC(=O)c1ncn2c1c(=O)[nH]c1ccc(Br)cc12)c1ccccc1. The molecule has 0 spiro atoms. The highest BCUT2D eigenvalue weighted by molar-refractivity contribution is 9.10. The number of nitrogens with one attached hydrogen (secondary N) is 2. The number of aromatic nitrogens is 3. The lowest BCUT2D eigenvalue weighted by molar-refractivity contribution is 0.0937. The van der Waals surface area contributed by atoms with Crippen LogP contribution in [0.15, 0.2) is 64.1 Å². The second-order valence-corrected chi connectivity index (χ2v) is 6.95. The summed E-state index contributed by atoms with van der Waals surface area (Å²) in [6.45, 7) is 1.89. The number of carbonyl (C=O) groups excluding carboxylic acids is 1. The summed E-state index contributed by atoms with van der Waals surface area (Å²) < 4.78 is 2.51. The Balaban J connectivity index is 1.77. The summed E-state index contributed by atoms with van der Waals surface area (Å²) in [5.74, 6) is -0.385. The first-order valence-corrected chi connectivity index (χ1v) is 8.88. The standard InChI is InChI=1S/C19H15BrN4O2/c1-11(12-5-3-2-4-6-12)22-18(25)16-17-19(26)23-14-8-7-13(20)9-15(14)24(17)10-21-16/h2-11H,1H3,(H,22,25)(H,23,26)/t11-/m0/s1. The average Bonchev–Trinajstić information content (AvgIpc) is 3.09. The number of rotatable bonds is 3. The van der Waals surface area contributed by atoms with Gasteiger partial charge in [0.1, 0.15) is 11.8 Å². The molecule has 0 unspecified atom stereocenters. The summed E-state index contributed by atoms with van der Waals surface area (Å²) in [6.07, 6.45) is 1.50. The smallest absolute Gasteiger partial charge is 0.275 e. The summed E-state index contributed by atoms with van der Waals surface area (Å²) in [6, 6.07) is 14.9. The van der Waals surface area contributed by atoms with Crippen LogP contribution in [-0.4, -0.2) is 20.3 Å². The van der Waals surface area contributed by atoms with Gasteiger partial charge in [-0.1, -0.05) is 46.3 Å². The minimum atomic E-state index is -0.385. The molecule has 2 aromatic heterocycles. The minimum Gasteiger partial charge on any atom is -0.344 e. The van der Waals surface area contributed by atoms with Gasteiger partial charge in [-0.05, 0) is 30.7 Å². The van der Waals surface area contributed by atoms with Gasteiger partial charge < -0.3 is 10.3 Å². The van der Waals surface area contributed by atoms with Gasteiger partial charge in [-0.25, -0.2) is 4.98 Å². The maximum atomic E-state index is 12.7. The Labute approximate surface area is 157 Å². The molecule has 4 rings (SSSR count). The lowest BCUT2D eigenvalue weighted by atomic mass is 10.1. The number of H-pyrrole nitrogens is 1. The minimum absolute atomic E-state index is 0.107. The van der Waals surface area contributed by atoms with Crippen LogP contribution in [0.3, 0.4) is 0 Å². The van der Waals surface area contributed by atoms with Crippen LogP contribution in [0.25, 0.3) is 16.6 Å². The van der Waals surface area contributed by atoms with Crippen molar-refractivity contribution in [3.05, 3.63) is 80.9 Å². The topological polar surface area (TPSA) is 79.3 Å². The van der Waals surface area contributed by atoms with Crippen molar-refractivity contribution in [2.45, 2.75) is 13.0 Å². The van der Waals surface area contributed by atoms with E-state index < -0.39 is 0 Å². The molecule has 4 aromatic rings. The first-order chi connectivity index (χ1) is 12.5. The molecule has 0 fully saturated rings. The Morgan fingerprint density at radius 1 is 1.23 bits per heavy atom. The van der Waals surface area contributed by atoms with Gasteiger partial charge in [0.25, 0.3) is 11.5 Å². The van der Waals surface area contributed by atoms with Crippen LogP contribution in [-0.2, 0) is 0 Å². The molecule has 0 saturated carbocycles. The second kappa shape index (κ2) is 6.42. The molecule has 0 aliphatic rings. The third kappa shape index (κ3) is 2.80. The molecule has 2 heterocycles. The molecule has 0 aliphatic heterocycles. The van der Waals surface area contributed by atoms with Crippen LogP contribution < -0.4 is 10.9 Å². The summed E-state index contributed by atoms with van der Waals surface area (Å²) in [5.41, 5.74) is 2.40. The van der Waals surface area contributed by atoms with Gasteiger partial charge in [0.05, 0.1) is 17.1 Å². The lowest BCUT2D eigenvalue weighted by Crippen LogP contribution is -2.28. The third-order valence-electron chi connectivity index (χ3n) is 4.31. The molecule has 130 valence electrons. The summed E-state index contributed by atoms with van der Waals surface area (Å²) in [7, 11) is 0. The van der Waals surface area contributed by atoms with Gasteiger partial charge in [0.15, 0.2) is 5.69 Å². The van der Waals surface area contributed by atoms with E-state index in [1.54, 1.807) is 10.5 Å². The molecule has 0 radical (unpaired) electrons. The van der Waals surface area contributed by atoms with Gasteiger partial charge in [0, 0.05) is 4.47 Å². The van der Waals surface area contributed by atoms with E-state index in [0.29, 0.717) is 5.52 Å². The zero-order valence-corrected chi connectivity index (χ0v) is 15.4. The van der Waals surface area contributed by atoms with E-state index >= 15 is 0 Å². The second-order valence-electron chi connectivity index (χ2n) is 6.03. The fourth-order valence-electron chi connectivity index (χ4n) is 3.00. The number of aromatic amines is 1. The van der Waals surface area contributed by atoms with Crippen molar-refractivity contribution < 1.29 is 4.79 Å². The maximum absolute atomic E-state index is 12.7. The van der Waals surface area contributed by atoms with Gasteiger partial charge in [-0.3, -0.25) is 14.0 Å². The monoisotopic (exact) mass is 410 g/mol. The van der Waals surface area contributed by atoms with Gasteiger partial charge in [-0.15, -0.1) is 0 Å². The number of nitrogens with zero attached hydrogens (tertiary/aromatic N) is 2. The van der Waals surface area contributed by atoms with Crippen molar-refractivity contribution in [3.8, 4) is 0 Å². The number of imidazole rings is 1. The Hall–Kier alpha value is -2.93. The molecule has 6 nitrogen and oxygen atoms in total. The normalized spacial score (nSPS) is 12.4. The number of hydrogen-bond donors (Lipinski definition) is 2. The number of benzene rings is 2. The predicted octanol–water partition coefficient (Wildman–Crippen LogP) is 3.43. The molecule has 0 bridgehead atoms. The Kier molecular flexibility index (Phi) is 4.08. The Morgan fingerprint density at radius 3 is 2.77 bits per heavy atom. The molecule has 1 amide bonds. The van der Waals surface area contributed by atoms with Crippen LogP contribution in [0, 0.1) is 0 Å². The first-order valence-electron chi connectivity index (χ1n) is 8.09. The van der Waals surface area contributed by atoms with E-state index in [9.17, 15) is 9.59 Å². The van der Waals surface area contributed by atoms with Crippen molar-refractivity contribution in [2.24, 2.45) is 0 Å². The zero-order valence-electron chi connectivity index (χ0n) is 13.9. The molecule has 26 heavy (non-hydrogen) atoms. The molecule has 2 aromatic carbocycles. The van der Waals surface area contributed by atoms with E-state index in [1.165, 1.54) is 6.33 Å². The molecule has 7 heteroatoms. The number of amides is 1. The highest BCUT2D eigenvalue weighted by atomic mass is 79.9. The Bertz CT molecular complexity index is 1180.